The number of rotatable bonds is 4. The van der Waals surface area contributed by atoms with Gasteiger partial charge in [0, 0.05) is 17.5 Å². The molecule has 4 fully saturated rings. The predicted octanol–water partition coefficient (Wildman–Crippen LogP) is 3.72. The van der Waals surface area contributed by atoms with Crippen molar-refractivity contribution in [3.63, 3.8) is 0 Å². The van der Waals surface area contributed by atoms with Gasteiger partial charge < -0.3 is 9.64 Å². The molecule has 0 N–H and O–H groups in total. The Morgan fingerprint density at radius 1 is 1.26 bits per heavy atom. The van der Waals surface area contributed by atoms with Crippen molar-refractivity contribution in [1.82, 2.24) is 9.80 Å². The van der Waals surface area contributed by atoms with Crippen LogP contribution in [0.1, 0.15) is 43.4 Å². The maximum absolute atomic E-state index is 12.9. The molecule has 1 atom stereocenters. The molecule has 4 heterocycles. The minimum Gasteiger partial charge on any atom is -0.444 e. The molecule has 23 heavy (non-hydrogen) atoms. The quantitative estimate of drug-likeness (QED) is 0.841. The SMILES string of the molecule is O=C(O[C@H]1CN2CCC1CC2)N(Cc1cccs1)C1CCCC1. The zero-order valence-corrected chi connectivity index (χ0v) is 14.5. The van der Waals surface area contributed by atoms with E-state index in [1.807, 2.05) is 4.90 Å². The number of carbonyl (C=O) groups excluding carboxylic acids is 1. The first-order chi connectivity index (χ1) is 11.3. The highest BCUT2D eigenvalue weighted by molar-refractivity contribution is 7.09. The third-order valence-electron chi connectivity index (χ3n) is 5.75. The van der Waals surface area contributed by atoms with Crippen LogP contribution in [0.5, 0.6) is 0 Å². The fourth-order valence-electron chi connectivity index (χ4n) is 4.37. The van der Waals surface area contributed by atoms with Gasteiger partial charge in [0.1, 0.15) is 6.10 Å². The molecule has 1 aliphatic carbocycles. The van der Waals surface area contributed by atoms with Crippen LogP contribution >= 0.6 is 11.3 Å². The zero-order chi connectivity index (χ0) is 15.6. The summed E-state index contributed by atoms with van der Waals surface area (Å²) in [7, 11) is 0. The molecule has 0 unspecified atom stereocenters. The molecule has 0 spiro atoms. The molecule has 1 aromatic heterocycles. The van der Waals surface area contributed by atoms with Crippen LogP contribution in [-0.4, -0.2) is 47.7 Å². The number of hydrogen-bond donors (Lipinski definition) is 0. The second-order valence-corrected chi connectivity index (χ2v) is 8.24. The van der Waals surface area contributed by atoms with Gasteiger partial charge in [-0.25, -0.2) is 4.79 Å². The van der Waals surface area contributed by atoms with E-state index >= 15 is 0 Å². The summed E-state index contributed by atoms with van der Waals surface area (Å²) in [6.07, 6.45) is 7.12. The van der Waals surface area contributed by atoms with Crippen molar-refractivity contribution in [2.24, 2.45) is 5.92 Å². The Morgan fingerprint density at radius 2 is 2.04 bits per heavy atom. The van der Waals surface area contributed by atoms with Crippen LogP contribution in [0, 0.1) is 5.92 Å². The van der Waals surface area contributed by atoms with E-state index in [1.54, 1.807) is 11.3 Å². The van der Waals surface area contributed by atoms with Gasteiger partial charge in [0.05, 0.1) is 6.54 Å². The molecule has 1 amide bonds. The van der Waals surface area contributed by atoms with Crippen LogP contribution < -0.4 is 0 Å². The van der Waals surface area contributed by atoms with Crippen LogP contribution in [0.4, 0.5) is 4.79 Å². The highest BCUT2D eigenvalue weighted by Gasteiger charge is 2.38. The van der Waals surface area contributed by atoms with E-state index in [0.717, 1.165) is 19.4 Å². The van der Waals surface area contributed by atoms with Crippen LogP contribution in [0.2, 0.25) is 0 Å². The summed E-state index contributed by atoms with van der Waals surface area (Å²) in [5, 5.41) is 2.08. The molecular formula is C18H26N2O2S. The van der Waals surface area contributed by atoms with Gasteiger partial charge >= 0.3 is 6.09 Å². The average Bonchev–Trinajstić information content (AvgIpc) is 3.27. The van der Waals surface area contributed by atoms with E-state index in [2.05, 4.69) is 22.4 Å². The molecule has 1 aromatic rings. The maximum atomic E-state index is 12.9. The van der Waals surface area contributed by atoms with Gasteiger partial charge in [-0.1, -0.05) is 18.9 Å². The molecule has 5 rings (SSSR count). The lowest BCUT2D eigenvalue weighted by atomic mass is 9.86. The van der Waals surface area contributed by atoms with Crippen molar-refractivity contribution in [1.29, 1.82) is 0 Å². The Balaban J connectivity index is 1.43. The van der Waals surface area contributed by atoms with Gasteiger partial charge in [-0.15, -0.1) is 11.3 Å². The van der Waals surface area contributed by atoms with Gasteiger partial charge in [0.15, 0.2) is 0 Å². The number of thiophene rings is 1. The van der Waals surface area contributed by atoms with Crippen molar-refractivity contribution < 1.29 is 9.53 Å². The fourth-order valence-corrected chi connectivity index (χ4v) is 5.07. The monoisotopic (exact) mass is 334 g/mol. The minimum atomic E-state index is -0.0796. The Labute approximate surface area is 142 Å². The Bertz CT molecular complexity index is 519. The minimum absolute atomic E-state index is 0.0796. The van der Waals surface area contributed by atoms with Gasteiger partial charge in [-0.2, -0.15) is 0 Å². The van der Waals surface area contributed by atoms with Crippen LogP contribution in [0.15, 0.2) is 17.5 Å². The number of ether oxygens (including phenoxy) is 1. The highest BCUT2D eigenvalue weighted by Crippen LogP contribution is 2.31. The molecule has 2 bridgehead atoms. The summed E-state index contributed by atoms with van der Waals surface area (Å²) in [5.74, 6) is 0.580. The normalized spacial score (nSPS) is 30.5. The molecule has 0 radical (unpaired) electrons. The smallest absolute Gasteiger partial charge is 0.410 e. The van der Waals surface area contributed by atoms with Gasteiger partial charge in [-0.05, 0) is 56.1 Å². The van der Waals surface area contributed by atoms with E-state index in [0.29, 0.717) is 18.5 Å². The Hall–Kier alpha value is -1.07. The lowest BCUT2D eigenvalue weighted by Crippen LogP contribution is -2.53. The molecule has 1 saturated carbocycles. The fraction of sp³-hybridized carbons (Fsp3) is 0.722. The van der Waals surface area contributed by atoms with E-state index in [4.69, 9.17) is 4.74 Å². The van der Waals surface area contributed by atoms with E-state index in [-0.39, 0.29) is 12.2 Å². The number of piperidine rings is 3. The largest absolute Gasteiger partial charge is 0.444 e. The topological polar surface area (TPSA) is 32.8 Å². The lowest BCUT2D eigenvalue weighted by molar-refractivity contribution is -0.0474. The second kappa shape index (κ2) is 6.81. The molecule has 4 nitrogen and oxygen atoms in total. The lowest BCUT2D eigenvalue weighted by Gasteiger charge is -2.44. The Morgan fingerprint density at radius 3 is 2.65 bits per heavy atom. The van der Waals surface area contributed by atoms with Crippen molar-refractivity contribution in [3.8, 4) is 0 Å². The third kappa shape index (κ3) is 3.41. The third-order valence-corrected chi connectivity index (χ3v) is 6.62. The van der Waals surface area contributed by atoms with Crippen molar-refractivity contribution in [2.45, 2.75) is 57.2 Å². The summed E-state index contributed by atoms with van der Waals surface area (Å²) in [6.45, 7) is 4.01. The first-order valence-electron chi connectivity index (χ1n) is 9.01. The number of nitrogens with zero attached hydrogens (tertiary/aromatic N) is 2. The molecule has 126 valence electrons. The van der Waals surface area contributed by atoms with Gasteiger partial charge in [0.2, 0.25) is 0 Å². The molecule has 3 saturated heterocycles. The standard InChI is InChI=1S/C18H26N2O2S/c21-18(22-17-13-19-9-7-14(17)8-10-19)20(15-4-1-2-5-15)12-16-6-3-11-23-16/h3,6,11,14-15,17H,1-2,4-5,7-10,12-13H2/t17-/m0/s1. The van der Waals surface area contributed by atoms with E-state index in [1.165, 1.54) is 43.6 Å². The van der Waals surface area contributed by atoms with Crippen molar-refractivity contribution in [2.75, 3.05) is 19.6 Å². The Kier molecular flexibility index (Phi) is 4.58. The van der Waals surface area contributed by atoms with Crippen molar-refractivity contribution in [3.05, 3.63) is 22.4 Å². The summed E-state index contributed by atoms with van der Waals surface area (Å²) in [5.41, 5.74) is 0. The summed E-state index contributed by atoms with van der Waals surface area (Å²) < 4.78 is 6.00. The highest BCUT2D eigenvalue weighted by atomic mass is 32.1. The first-order valence-corrected chi connectivity index (χ1v) is 9.89. The van der Waals surface area contributed by atoms with Crippen molar-refractivity contribution >= 4 is 17.4 Å². The molecule has 3 aliphatic heterocycles. The average molecular weight is 334 g/mol. The maximum Gasteiger partial charge on any atom is 0.410 e. The molecule has 0 aromatic carbocycles. The van der Waals surface area contributed by atoms with Crippen LogP contribution in [0.25, 0.3) is 0 Å². The second-order valence-electron chi connectivity index (χ2n) is 7.21. The number of amides is 1. The van der Waals surface area contributed by atoms with E-state index in [9.17, 15) is 4.79 Å². The van der Waals surface area contributed by atoms with Gasteiger partial charge in [-0.3, -0.25) is 4.90 Å². The predicted molar refractivity (Wildman–Crippen MR) is 91.6 cm³/mol. The summed E-state index contributed by atoms with van der Waals surface area (Å²) in [6, 6.07) is 4.55. The number of hydrogen-bond acceptors (Lipinski definition) is 4. The summed E-state index contributed by atoms with van der Waals surface area (Å²) in [4.78, 5) is 18.6. The van der Waals surface area contributed by atoms with Gasteiger partial charge in [0.25, 0.3) is 0 Å². The molecular weight excluding hydrogens is 308 g/mol. The molecule has 4 aliphatic rings. The molecule has 5 heteroatoms. The zero-order valence-electron chi connectivity index (χ0n) is 13.7. The van der Waals surface area contributed by atoms with E-state index < -0.39 is 0 Å². The number of carbonyl (C=O) groups is 1. The first kappa shape index (κ1) is 15.5. The number of fused-ring (bicyclic) bond motifs is 3. The van der Waals surface area contributed by atoms with Crippen LogP contribution in [-0.2, 0) is 11.3 Å². The summed E-state index contributed by atoms with van der Waals surface area (Å²) >= 11 is 1.73. The van der Waals surface area contributed by atoms with Crippen LogP contribution in [0.3, 0.4) is 0 Å².